The molecule has 0 atom stereocenters. The highest BCUT2D eigenvalue weighted by Crippen LogP contribution is 2.25. The molecule has 0 aliphatic carbocycles. The predicted molar refractivity (Wildman–Crippen MR) is 73.0 cm³/mol. The molecule has 0 saturated heterocycles. The van der Waals surface area contributed by atoms with Crippen molar-refractivity contribution in [3.63, 3.8) is 0 Å². The summed E-state index contributed by atoms with van der Waals surface area (Å²) in [4.78, 5) is 8.91. The molecule has 0 aliphatic rings. The van der Waals surface area contributed by atoms with Crippen LogP contribution in [0.3, 0.4) is 0 Å². The quantitative estimate of drug-likeness (QED) is 0.478. The van der Waals surface area contributed by atoms with Crippen LogP contribution in [0.5, 0.6) is 0 Å². The standard InChI is InChI=1S/C14H8ClN3/c15-13-14-17-10-6-2-4-8-12(10)18(14)11-7-3-1-5-9(11)16-13/h1-8H. The van der Waals surface area contributed by atoms with E-state index in [1.54, 1.807) is 0 Å². The number of imidazole rings is 1. The molecule has 0 amide bonds. The lowest BCUT2D eigenvalue weighted by Gasteiger charge is -2.03. The van der Waals surface area contributed by atoms with E-state index in [4.69, 9.17) is 11.6 Å². The van der Waals surface area contributed by atoms with Gasteiger partial charge in [-0.3, -0.25) is 4.40 Å². The van der Waals surface area contributed by atoms with Gasteiger partial charge in [0, 0.05) is 0 Å². The maximum Gasteiger partial charge on any atom is 0.176 e. The number of fused-ring (bicyclic) bond motifs is 5. The van der Waals surface area contributed by atoms with Gasteiger partial charge in [0.15, 0.2) is 10.8 Å². The summed E-state index contributed by atoms with van der Waals surface area (Å²) in [6.07, 6.45) is 0. The van der Waals surface area contributed by atoms with E-state index in [0.29, 0.717) is 10.8 Å². The van der Waals surface area contributed by atoms with Crippen molar-refractivity contribution in [1.82, 2.24) is 14.4 Å². The summed E-state index contributed by atoms with van der Waals surface area (Å²) in [5, 5.41) is 0.435. The van der Waals surface area contributed by atoms with Crippen molar-refractivity contribution in [3.05, 3.63) is 53.7 Å². The second-order valence-corrected chi connectivity index (χ2v) is 4.51. The van der Waals surface area contributed by atoms with E-state index in [9.17, 15) is 0 Å². The van der Waals surface area contributed by atoms with E-state index in [-0.39, 0.29) is 0 Å². The van der Waals surface area contributed by atoms with Crippen molar-refractivity contribution < 1.29 is 0 Å². The Morgan fingerprint density at radius 1 is 0.778 bits per heavy atom. The van der Waals surface area contributed by atoms with Crippen molar-refractivity contribution in [1.29, 1.82) is 0 Å². The Kier molecular flexibility index (Phi) is 1.88. The van der Waals surface area contributed by atoms with Crippen LogP contribution in [0.1, 0.15) is 0 Å². The van der Waals surface area contributed by atoms with E-state index in [1.807, 2.05) is 48.5 Å². The SMILES string of the molecule is Clc1nc2ccccc2n2c1nc1ccccc12. The summed E-state index contributed by atoms with van der Waals surface area (Å²) < 4.78 is 2.06. The minimum Gasteiger partial charge on any atom is -0.288 e. The van der Waals surface area contributed by atoms with Gasteiger partial charge in [-0.2, -0.15) is 0 Å². The lowest BCUT2D eigenvalue weighted by molar-refractivity contribution is 1.24. The largest absolute Gasteiger partial charge is 0.288 e. The summed E-state index contributed by atoms with van der Waals surface area (Å²) in [7, 11) is 0. The fourth-order valence-electron chi connectivity index (χ4n) is 2.31. The molecular weight excluding hydrogens is 246 g/mol. The molecule has 0 fully saturated rings. The van der Waals surface area contributed by atoms with Crippen molar-refractivity contribution in [2.24, 2.45) is 0 Å². The Labute approximate surface area is 108 Å². The number of nitrogens with zero attached hydrogens (tertiary/aromatic N) is 3. The number of para-hydroxylation sites is 4. The first kappa shape index (κ1) is 9.85. The van der Waals surface area contributed by atoms with Crippen molar-refractivity contribution in [3.8, 4) is 0 Å². The van der Waals surface area contributed by atoms with Crippen LogP contribution >= 0.6 is 11.6 Å². The van der Waals surface area contributed by atoms with E-state index >= 15 is 0 Å². The highest BCUT2D eigenvalue weighted by atomic mass is 35.5. The fourth-order valence-corrected chi connectivity index (χ4v) is 2.53. The smallest absolute Gasteiger partial charge is 0.176 e. The molecule has 0 saturated carbocycles. The van der Waals surface area contributed by atoms with E-state index in [0.717, 1.165) is 22.1 Å². The average molecular weight is 254 g/mol. The Bertz CT molecular complexity index is 895. The highest BCUT2D eigenvalue weighted by Gasteiger charge is 2.11. The van der Waals surface area contributed by atoms with Gasteiger partial charge in [-0.05, 0) is 24.3 Å². The monoisotopic (exact) mass is 253 g/mol. The molecule has 0 N–H and O–H groups in total. The molecule has 0 aliphatic heterocycles. The molecule has 86 valence electrons. The zero-order chi connectivity index (χ0) is 12.1. The third-order valence-corrected chi connectivity index (χ3v) is 3.34. The van der Waals surface area contributed by atoms with Gasteiger partial charge in [-0.1, -0.05) is 35.9 Å². The van der Waals surface area contributed by atoms with Gasteiger partial charge in [-0.25, -0.2) is 9.97 Å². The number of rotatable bonds is 0. The van der Waals surface area contributed by atoms with Crippen LogP contribution in [0.25, 0.3) is 27.7 Å². The highest BCUT2D eigenvalue weighted by molar-refractivity contribution is 6.33. The number of halogens is 1. The van der Waals surface area contributed by atoms with Crippen LogP contribution in [0, 0.1) is 0 Å². The van der Waals surface area contributed by atoms with E-state index in [1.165, 1.54) is 0 Å². The van der Waals surface area contributed by atoms with Gasteiger partial charge < -0.3 is 0 Å². The molecule has 3 nitrogen and oxygen atoms in total. The van der Waals surface area contributed by atoms with Gasteiger partial charge >= 0.3 is 0 Å². The van der Waals surface area contributed by atoms with Gasteiger partial charge in [0.2, 0.25) is 0 Å². The van der Waals surface area contributed by atoms with E-state index < -0.39 is 0 Å². The van der Waals surface area contributed by atoms with Gasteiger partial charge in [-0.15, -0.1) is 0 Å². The van der Waals surface area contributed by atoms with Gasteiger partial charge in [0.1, 0.15) is 0 Å². The fraction of sp³-hybridized carbons (Fsp3) is 0. The maximum absolute atomic E-state index is 6.21. The summed E-state index contributed by atoms with van der Waals surface area (Å²) >= 11 is 6.21. The summed E-state index contributed by atoms with van der Waals surface area (Å²) in [6.45, 7) is 0. The first-order valence-electron chi connectivity index (χ1n) is 5.66. The Balaban J connectivity index is 2.41. The van der Waals surface area contributed by atoms with Gasteiger partial charge in [0.05, 0.1) is 22.1 Å². The molecule has 4 rings (SSSR count). The molecule has 4 aromatic rings. The zero-order valence-electron chi connectivity index (χ0n) is 9.34. The first-order valence-corrected chi connectivity index (χ1v) is 6.04. The molecule has 4 heteroatoms. The lowest BCUT2D eigenvalue weighted by atomic mass is 10.3. The molecule has 0 radical (unpaired) electrons. The predicted octanol–water partition coefficient (Wildman–Crippen LogP) is 3.69. The third-order valence-electron chi connectivity index (χ3n) is 3.09. The average Bonchev–Trinajstić information content (AvgIpc) is 2.79. The lowest BCUT2D eigenvalue weighted by Crippen LogP contribution is -1.92. The zero-order valence-corrected chi connectivity index (χ0v) is 10.1. The Morgan fingerprint density at radius 2 is 1.33 bits per heavy atom. The molecular formula is C14H8ClN3. The summed E-state index contributed by atoms with van der Waals surface area (Å²) in [5.74, 6) is 0. The van der Waals surface area contributed by atoms with Crippen LogP contribution in [-0.4, -0.2) is 14.4 Å². The molecule has 0 unspecified atom stereocenters. The van der Waals surface area contributed by atoms with E-state index in [2.05, 4.69) is 14.4 Å². The number of hydrogen-bond acceptors (Lipinski definition) is 2. The maximum atomic E-state index is 6.21. The van der Waals surface area contributed by atoms with Crippen LogP contribution in [-0.2, 0) is 0 Å². The van der Waals surface area contributed by atoms with Gasteiger partial charge in [0.25, 0.3) is 0 Å². The molecule has 0 spiro atoms. The Hall–Kier alpha value is -2.13. The van der Waals surface area contributed by atoms with Crippen molar-refractivity contribution in [2.75, 3.05) is 0 Å². The summed E-state index contributed by atoms with van der Waals surface area (Å²) in [5.41, 5.74) is 4.57. The van der Waals surface area contributed by atoms with Crippen LogP contribution < -0.4 is 0 Å². The third kappa shape index (κ3) is 1.19. The molecule has 0 bridgehead atoms. The topological polar surface area (TPSA) is 30.2 Å². The van der Waals surface area contributed by atoms with Crippen molar-refractivity contribution in [2.45, 2.75) is 0 Å². The second kappa shape index (κ2) is 3.43. The molecule has 2 aromatic heterocycles. The minimum absolute atomic E-state index is 0.435. The number of benzene rings is 2. The first-order chi connectivity index (χ1) is 8.84. The van der Waals surface area contributed by atoms with Crippen LogP contribution in [0.15, 0.2) is 48.5 Å². The number of hydrogen-bond donors (Lipinski definition) is 0. The Morgan fingerprint density at radius 3 is 2.00 bits per heavy atom. The normalized spacial score (nSPS) is 11.6. The second-order valence-electron chi connectivity index (χ2n) is 4.15. The summed E-state index contributed by atoms with van der Waals surface area (Å²) in [6, 6.07) is 15.9. The minimum atomic E-state index is 0.435. The molecule has 2 aromatic carbocycles. The number of aromatic nitrogens is 3. The molecule has 2 heterocycles. The van der Waals surface area contributed by atoms with Crippen LogP contribution in [0.2, 0.25) is 5.15 Å². The van der Waals surface area contributed by atoms with Crippen LogP contribution in [0.4, 0.5) is 0 Å². The van der Waals surface area contributed by atoms with Crippen molar-refractivity contribution >= 4 is 39.3 Å². The molecule has 18 heavy (non-hydrogen) atoms.